The first-order valence-electron chi connectivity index (χ1n) is 19.3. The van der Waals surface area contributed by atoms with Crippen molar-refractivity contribution in [3.8, 4) is 34.4 Å². The third-order valence-electron chi connectivity index (χ3n) is 9.79. The highest BCUT2D eigenvalue weighted by Crippen LogP contribution is 2.28. The molecule has 0 bridgehead atoms. The molecule has 1 aliphatic rings. The van der Waals surface area contributed by atoms with Crippen molar-refractivity contribution >= 4 is 30.1 Å². The van der Waals surface area contributed by atoms with Crippen LogP contribution in [0.25, 0.3) is 22.5 Å². The molecule has 312 valence electrons. The molecule has 3 heterocycles. The Balaban J connectivity index is 1.24. The van der Waals surface area contributed by atoms with E-state index in [1.807, 2.05) is 69.3 Å². The maximum absolute atomic E-state index is 13.4. The molecule has 0 spiro atoms. The van der Waals surface area contributed by atoms with Gasteiger partial charge < -0.3 is 49.5 Å². The third kappa shape index (κ3) is 11.0. The van der Waals surface area contributed by atoms with Crippen LogP contribution in [0.5, 0.6) is 0 Å². The lowest BCUT2D eigenvalue weighted by Gasteiger charge is -2.40. The zero-order valence-corrected chi connectivity index (χ0v) is 34.3. The predicted octanol–water partition coefficient (Wildman–Crippen LogP) is 4.68. The van der Waals surface area contributed by atoms with Crippen LogP contribution in [0.2, 0.25) is 0 Å². The summed E-state index contributed by atoms with van der Waals surface area (Å²) in [5.41, 5.74) is 4.77. The predicted molar refractivity (Wildman–Crippen MR) is 217 cm³/mol. The highest BCUT2D eigenvalue weighted by Gasteiger charge is 2.38. The number of nitrogens with one attached hydrogen (secondary N) is 4. The summed E-state index contributed by atoms with van der Waals surface area (Å²) in [5.74, 6) is 6.82. The smallest absolute Gasteiger partial charge is 0.409 e. The fourth-order valence-electron chi connectivity index (χ4n) is 6.58. The minimum Gasteiger partial charge on any atom is -0.453 e. The van der Waals surface area contributed by atoms with Crippen LogP contribution < -0.4 is 10.6 Å². The summed E-state index contributed by atoms with van der Waals surface area (Å²) < 4.78 is 14.3. The number of imidazole rings is 2. The van der Waals surface area contributed by atoms with E-state index >= 15 is 0 Å². The van der Waals surface area contributed by atoms with E-state index in [4.69, 9.17) is 14.5 Å². The second-order valence-corrected chi connectivity index (χ2v) is 14.3. The van der Waals surface area contributed by atoms with E-state index in [1.54, 1.807) is 29.1 Å². The normalized spacial score (nSPS) is 14.7. The lowest BCUT2D eigenvalue weighted by molar-refractivity contribution is -0.138. The van der Waals surface area contributed by atoms with Crippen molar-refractivity contribution in [3.05, 3.63) is 83.7 Å². The van der Waals surface area contributed by atoms with Crippen LogP contribution in [0.3, 0.4) is 0 Å². The van der Waals surface area contributed by atoms with Crippen molar-refractivity contribution in [3.63, 3.8) is 0 Å². The van der Waals surface area contributed by atoms with Gasteiger partial charge in [-0.3, -0.25) is 9.59 Å². The number of rotatable bonds is 12. The topological polar surface area (TPSA) is 204 Å². The summed E-state index contributed by atoms with van der Waals surface area (Å²) in [6.07, 6.45) is 2.32. The fourth-order valence-corrected chi connectivity index (χ4v) is 6.58. The molecule has 0 saturated carbocycles. The van der Waals surface area contributed by atoms with E-state index in [1.165, 1.54) is 26.2 Å². The Hall–Kier alpha value is -6.83. The maximum atomic E-state index is 13.4. The first kappa shape index (κ1) is 43.3. The van der Waals surface area contributed by atoms with Crippen LogP contribution in [0.15, 0.2) is 60.9 Å². The molecule has 1 aliphatic heterocycles. The SMILES string of the molecule is CCCN(Cc1ncc(-c2ccc(C#Cc3ccc(-c4c[nH]c([C@@H]5CN(C(=O)OC)CCN5C(=O)[C@H](C)NC(=O)OC)n4)cc3)cc2)[nH]1)C(=O)[C@@H](NC(=O)OC)C(C)C. The first-order valence-corrected chi connectivity index (χ1v) is 19.3. The Bertz CT molecular complexity index is 2150. The largest absolute Gasteiger partial charge is 0.453 e. The molecule has 2 aromatic carbocycles. The van der Waals surface area contributed by atoms with Crippen LogP contribution >= 0.6 is 0 Å². The average Bonchev–Trinajstić information content (AvgIpc) is 3.94. The number of benzene rings is 2. The van der Waals surface area contributed by atoms with Crippen molar-refractivity contribution in [2.45, 2.75) is 58.8 Å². The quantitative estimate of drug-likeness (QED) is 0.115. The lowest BCUT2D eigenvalue weighted by atomic mass is 10.0. The number of nitrogens with zero attached hydrogens (tertiary/aromatic N) is 5. The summed E-state index contributed by atoms with van der Waals surface area (Å²) in [5, 5.41) is 5.16. The lowest BCUT2D eigenvalue weighted by Crippen LogP contribution is -2.56. The Labute approximate surface area is 343 Å². The number of carbonyl (C=O) groups excluding carboxylic acids is 5. The molecule has 1 fully saturated rings. The van der Waals surface area contributed by atoms with Gasteiger partial charge in [0.15, 0.2) is 0 Å². The first-order chi connectivity index (χ1) is 28.3. The van der Waals surface area contributed by atoms with Gasteiger partial charge in [0.1, 0.15) is 29.8 Å². The number of aromatic nitrogens is 4. The van der Waals surface area contributed by atoms with Crippen LogP contribution in [-0.4, -0.2) is 124 Å². The number of alkyl carbamates (subject to hydrolysis) is 2. The number of hydrogen-bond donors (Lipinski definition) is 4. The molecule has 2 aromatic heterocycles. The number of amides is 5. The zero-order valence-electron chi connectivity index (χ0n) is 34.3. The molecule has 3 atom stereocenters. The van der Waals surface area contributed by atoms with Crippen LogP contribution in [0, 0.1) is 17.8 Å². The van der Waals surface area contributed by atoms with Gasteiger partial charge in [-0.15, -0.1) is 0 Å². The number of ether oxygens (including phenoxy) is 3. The van der Waals surface area contributed by atoms with Crippen molar-refractivity contribution in [2.75, 3.05) is 47.5 Å². The Kier molecular flexibility index (Phi) is 14.7. The van der Waals surface area contributed by atoms with E-state index in [0.29, 0.717) is 23.9 Å². The van der Waals surface area contributed by atoms with Gasteiger partial charge in [0, 0.05) is 42.5 Å². The molecule has 17 heteroatoms. The highest BCUT2D eigenvalue weighted by molar-refractivity contribution is 5.86. The van der Waals surface area contributed by atoms with Crippen LogP contribution in [0.1, 0.15) is 62.9 Å². The van der Waals surface area contributed by atoms with Crippen molar-refractivity contribution in [1.29, 1.82) is 0 Å². The fraction of sp³-hybridized carbons (Fsp3) is 0.405. The van der Waals surface area contributed by atoms with Crippen molar-refractivity contribution < 1.29 is 38.2 Å². The number of hydrogen-bond acceptors (Lipinski definition) is 10. The summed E-state index contributed by atoms with van der Waals surface area (Å²) in [7, 11) is 3.80. The van der Waals surface area contributed by atoms with Gasteiger partial charge in [-0.1, -0.05) is 56.9 Å². The van der Waals surface area contributed by atoms with Gasteiger partial charge >= 0.3 is 18.3 Å². The van der Waals surface area contributed by atoms with E-state index in [0.717, 1.165) is 34.4 Å². The molecule has 5 amide bonds. The van der Waals surface area contributed by atoms with Gasteiger partial charge in [-0.05, 0) is 49.1 Å². The Morgan fingerprint density at radius 3 is 2.10 bits per heavy atom. The number of aromatic amines is 2. The molecular weight excluding hydrogens is 759 g/mol. The number of piperazine rings is 1. The van der Waals surface area contributed by atoms with E-state index in [-0.39, 0.29) is 43.9 Å². The zero-order chi connectivity index (χ0) is 42.6. The minimum atomic E-state index is -0.865. The van der Waals surface area contributed by atoms with Gasteiger partial charge in [-0.25, -0.2) is 24.4 Å². The Morgan fingerprint density at radius 2 is 1.51 bits per heavy atom. The van der Waals surface area contributed by atoms with Crippen molar-refractivity contribution in [2.24, 2.45) is 5.92 Å². The van der Waals surface area contributed by atoms with Gasteiger partial charge in [-0.2, -0.15) is 0 Å². The van der Waals surface area contributed by atoms with Crippen LogP contribution in [0.4, 0.5) is 14.4 Å². The van der Waals surface area contributed by atoms with Crippen molar-refractivity contribution in [1.82, 2.24) is 45.3 Å². The summed E-state index contributed by atoms with van der Waals surface area (Å²) in [6, 6.07) is 13.1. The average molecular weight is 810 g/mol. The van der Waals surface area contributed by atoms with Gasteiger partial charge in [0.05, 0.1) is 52.0 Å². The summed E-state index contributed by atoms with van der Waals surface area (Å²) in [4.78, 5) is 83.5. The van der Waals surface area contributed by atoms with E-state index in [2.05, 4.69) is 42.2 Å². The number of H-pyrrole nitrogens is 2. The van der Waals surface area contributed by atoms with Crippen LogP contribution in [-0.2, 0) is 30.3 Å². The van der Waals surface area contributed by atoms with Gasteiger partial charge in [0.2, 0.25) is 11.8 Å². The summed E-state index contributed by atoms with van der Waals surface area (Å²) >= 11 is 0. The second-order valence-electron chi connectivity index (χ2n) is 14.3. The van der Waals surface area contributed by atoms with E-state index in [9.17, 15) is 24.0 Å². The molecule has 5 rings (SSSR count). The molecule has 17 nitrogen and oxygen atoms in total. The molecular formula is C42H51N9O8. The molecule has 1 saturated heterocycles. The molecule has 0 aliphatic carbocycles. The molecule has 4 N–H and O–H groups in total. The molecule has 0 unspecified atom stereocenters. The highest BCUT2D eigenvalue weighted by atomic mass is 16.5. The number of carbonyl (C=O) groups is 5. The monoisotopic (exact) mass is 809 g/mol. The summed E-state index contributed by atoms with van der Waals surface area (Å²) in [6.45, 7) is 8.67. The standard InChI is InChI=1S/C42H51N9O8/c1-8-19-49(39(53)36(26(2)3)48-41(55)58-6)25-35-43-22-32(46-35)30-15-11-28(12-16-30)9-10-29-13-17-31(18-14-29)33-23-44-37(47-33)34-24-50(42(56)59-7)20-21-51(34)38(52)27(4)45-40(54)57-5/h11-18,22-23,26-27,34,36H,8,19-21,24-25H2,1-7H3,(H,43,46)(H,44,47)(H,45,54)(H,48,55)/t27-,34-,36-/m0/s1. The number of methoxy groups -OCH3 is 3. The Morgan fingerprint density at radius 1 is 0.881 bits per heavy atom. The third-order valence-corrected chi connectivity index (χ3v) is 9.79. The van der Waals surface area contributed by atoms with Gasteiger partial charge in [0.25, 0.3) is 0 Å². The molecule has 0 radical (unpaired) electrons. The second kappa shape index (κ2) is 20.0. The maximum Gasteiger partial charge on any atom is 0.409 e. The molecule has 4 aromatic rings. The minimum absolute atomic E-state index is 0.136. The van der Waals surface area contributed by atoms with E-state index < -0.39 is 36.4 Å². The molecule has 59 heavy (non-hydrogen) atoms.